The summed E-state index contributed by atoms with van der Waals surface area (Å²) >= 11 is 0. The summed E-state index contributed by atoms with van der Waals surface area (Å²) in [6.07, 6.45) is -0.130. The molecular weight excluding hydrogens is 242 g/mol. The van der Waals surface area contributed by atoms with E-state index < -0.39 is 5.97 Å². The van der Waals surface area contributed by atoms with Crippen LogP contribution in [-0.4, -0.2) is 24.0 Å². The molecule has 0 aliphatic carbocycles. The van der Waals surface area contributed by atoms with Gasteiger partial charge in [0.05, 0.1) is 6.42 Å². The zero-order valence-corrected chi connectivity index (χ0v) is 10.7. The van der Waals surface area contributed by atoms with Gasteiger partial charge in [0.2, 0.25) is 5.91 Å². The van der Waals surface area contributed by atoms with Crippen LogP contribution < -0.4 is 4.90 Å². The highest BCUT2D eigenvalue weighted by Gasteiger charge is 2.12. The standard InChI is InChI=1S/C15H15NO3/c1-16(14(17)8-9-15(18)19)13-7-6-11-4-2-3-5-12(11)10-13/h2-7,10H,8-9H2,1H3,(H,18,19). The summed E-state index contributed by atoms with van der Waals surface area (Å²) in [5.74, 6) is -1.15. The Labute approximate surface area is 111 Å². The summed E-state index contributed by atoms with van der Waals surface area (Å²) in [6.45, 7) is 0. The van der Waals surface area contributed by atoms with Crippen molar-refractivity contribution in [2.75, 3.05) is 11.9 Å². The molecule has 1 N–H and O–H groups in total. The van der Waals surface area contributed by atoms with Gasteiger partial charge in [-0.25, -0.2) is 0 Å². The molecule has 1 amide bonds. The van der Waals surface area contributed by atoms with E-state index in [4.69, 9.17) is 5.11 Å². The number of carbonyl (C=O) groups excluding carboxylic acids is 1. The highest BCUT2D eigenvalue weighted by molar-refractivity contribution is 5.96. The van der Waals surface area contributed by atoms with Gasteiger partial charge in [-0.2, -0.15) is 0 Å². The third-order valence-electron chi connectivity index (χ3n) is 3.05. The van der Waals surface area contributed by atoms with E-state index in [1.807, 2.05) is 42.5 Å². The predicted molar refractivity (Wildman–Crippen MR) is 74.2 cm³/mol. The Hall–Kier alpha value is -2.36. The Balaban J connectivity index is 2.18. The van der Waals surface area contributed by atoms with E-state index in [-0.39, 0.29) is 18.7 Å². The summed E-state index contributed by atoms with van der Waals surface area (Å²) in [5, 5.41) is 10.7. The highest BCUT2D eigenvalue weighted by atomic mass is 16.4. The van der Waals surface area contributed by atoms with Gasteiger partial charge in [0, 0.05) is 19.2 Å². The summed E-state index contributed by atoms with van der Waals surface area (Å²) in [6, 6.07) is 13.6. The minimum atomic E-state index is -0.958. The van der Waals surface area contributed by atoms with E-state index >= 15 is 0 Å². The number of carbonyl (C=O) groups is 2. The smallest absolute Gasteiger partial charge is 0.303 e. The zero-order valence-electron chi connectivity index (χ0n) is 10.7. The number of carboxylic acids is 1. The van der Waals surface area contributed by atoms with Crippen LogP contribution in [0, 0.1) is 0 Å². The SMILES string of the molecule is CN(C(=O)CCC(=O)O)c1ccc2ccccc2c1. The third kappa shape index (κ3) is 3.10. The quantitative estimate of drug-likeness (QED) is 0.916. The number of aliphatic carboxylic acids is 1. The molecule has 4 nitrogen and oxygen atoms in total. The number of carboxylic acid groups (broad SMARTS) is 1. The number of hydrogen-bond donors (Lipinski definition) is 1. The van der Waals surface area contributed by atoms with Crippen LogP contribution in [0.1, 0.15) is 12.8 Å². The molecule has 2 aromatic carbocycles. The van der Waals surface area contributed by atoms with Crippen molar-refractivity contribution in [2.45, 2.75) is 12.8 Å². The maximum Gasteiger partial charge on any atom is 0.303 e. The van der Waals surface area contributed by atoms with E-state index in [0.29, 0.717) is 0 Å². The van der Waals surface area contributed by atoms with Crippen LogP contribution in [0.3, 0.4) is 0 Å². The maximum atomic E-state index is 11.8. The van der Waals surface area contributed by atoms with E-state index in [1.54, 1.807) is 7.05 Å². The Morgan fingerprint density at radius 3 is 2.42 bits per heavy atom. The molecule has 0 fully saturated rings. The lowest BCUT2D eigenvalue weighted by molar-refractivity contribution is -0.138. The second-order valence-electron chi connectivity index (χ2n) is 4.38. The molecule has 2 aromatic rings. The normalized spacial score (nSPS) is 10.4. The zero-order chi connectivity index (χ0) is 13.8. The first kappa shape index (κ1) is 13.1. The number of hydrogen-bond acceptors (Lipinski definition) is 2. The van der Waals surface area contributed by atoms with Crippen LogP contribution in [0.4, 0.5) is 5.69 Å². The number of anilines is 1. The van der Waals surface area contributed by atoms with Crippen molar-refractivity contribution < 1.29 is 14.7 Å². The average Bonchev–Trinajstić information content (AvgIpc) is 2.43. The van der Waals surface area contributed by atoms with Crippen LogP contribution >= 0.6 is 0 Å². The molecule has 0 atom stereocenters. The van der Waals surface area contributed by atoms with E-state index in [2.05, 4.69) is 0 Å². The van der Waals surface area contributed by atoms with Gasteiger partial charge in [-0.1, -0.05) is 30.3 Å². The maximum absolute atomic E-state index is 11.8. The number of nitrogens with zero attached hydrogens (tertiary/aromatic N) is 1. The first-order valence-corrected chi connectivity index (χ1v) is 6.05. The van der Waals surface area contributed by atoms with Gasteiger partial charge in [-0.05, 0) is 22.9 Å². The van der Waals surface area contributed by atoms with Gasteiger partial charge in [0.25, 0.3) is 0 Å². The molecular formula is C15H15NO3. The summed E-state index contributed by atoms with van der Waals surface area (Å²) in [4.78, 5) is 23.8. The molecule has 98 valence electrons. The summed E-state index contributed by atoms with van der Waals surface area (Å²) in [7, 11) is 1.66. The Morgan fingerprint density at radius 2 is 1.74 bits per heavy atom. The fraction of sp³-hybridized carbons (Fsp3) is 0.200. The van der Waals surface area contributed by atoms with Crippen molar-refractivity contribution in [1.29, 1.82) is 0 Å². The summed E-state index contributed by atoms with van der Waals surface area (Å²) < 4.78 is 0. The number of benzene rings is 2. The van der Waals surface area contributed by atoms with Crippen molar-refractivity contribution in [1.82, 2.24) is 0 Å². The topological polar surface area (TPSA) is 57.6 Å². The summed E-state index contributed by atoms with van der Waals surface area (Å²) in [5.41, 5.74) is 0.772. The van der Waals surface area contributed by atoms with Gasteiger partial charge in [-0.3, -0.25) is 9.59 Å². The molecule has 4 heteroatoms. The van der Waals surface area contributed by atoms with Crippen LogP contribution in [0.5, 0.6) is 0 Å². The van der Waals surface area contributed by atoms with Crippen LogP contribution in [0.2, 0.25) is 0 Å². The largest absolute Gasteiger partial charge is 0.481 e. The van der Waals surface area contributed by atoms with Gasteiger partial charge in [0.15, 0.2) is 0 Å². The molecule has 0 heterocycles. The minimum absolute atomic E-state index is 0.0126. The van der Waals surface area contributed by atoms with Crippen molar-refractivity contribution in [2.24, 2.45) is 0 Å². The van der Waals surface area contributed by atoms with Crippen molar-refractivity contribution in [3.63, 3.8) is 0 Å². The third-order valence-corrected chi connectivity index (χ3v) is 3.05. The second kappa shape index (κ2) is 5.52. The van der Waals surface area contributed by atoms with Crippen LogP contribution in [0.25, 0.3) is 10.8 Å². The van der Waals surface area contributed by atoms with E-state index in [0.717, 1.165) is 16.5 Å². The molecule has 0 unspecified atom stereocenters. The monoisotopic (exact) mass is 257 g/mol. The molecule has 2 rings (SSSR count). The van der Waals surface area contributed by atoms with Gasteiger partial charge < -0.3 is 10.0 Å². The van der Waals surface area contributed by atoms with Gasteiger partial charge >= 0.3 is 5.97 Å². The Morgan fingerprint density at radius 1 is 1.05 bits per heavy atom. The fourth-order valence-corrected chi connectivity index (χ4v) is 1.91. The molecule has 0 spiro atoms. The lowest BCUT2D eigenvalue weighted by atomic mass is 10.1. The fourth-order valence-electron chi connectivity index (χ4n) is 1.91. The Kier molecular flexibility index (Phi) is 3.80. The average molecular weight is 257 g/mol. The lowest BCUT2D eigenvalue weighted by Crippen LogP contribution is -2.26. The molecule has 0 aliphatic heterocycles. The molecule has 0 radical (unpaired) electrons. The molecule has 0 bridgehead atoms. The molecule has 0 saturated carbocycles. The lowest BCUT2D eigenvalue weighted by Gasteiger charge is -2.17. The first-order chi connectivity index (χ1) is 9.08. The molecule has 0 saturated heterocycles. The first-order valence-electron chi connectivity index (χ1n) is 6.05. The number of rotatable bonds is 4. The molecule has 19 heavy (non-hydrogen) atoms. The Bertz CT molecular complexity index is 622. The molecule has 0 aliphatic rings. The van der Waals surface area contributed by atoms with Crippen LogP contribution in [0.15, 0.2) is 42.5 Å². The second-order valence-corrected chi connectivity index (χ2v) is 4.38. The van der Waals surface area contributed by atoms with Crippen molar-refractivity contribution in [3.05, 3.63) is 42.5 Å². The number of amides is 1. The highest BCUT2D eigenvalue weighted by Crippen LogP contribution is 2.21. The van der Waals surface area contributed by atoms with E-state index in [9.17, 15) is 9.59 Å². The number of fused-ring (bicyclic) bond motifs is 1. The van der Waals surface area contributed by atoms with E-state index in [1.165, 1.54) is 4.90 Å². The van der Waals surface area contributed by atoms with Crippen LogP contribution in [-0.2, 0) is 9.59 Å². The van der Waals surface area contributed by atoms with Gasteiger partial charge in [0.1, 0.15) is 0 Å². The predicted octanol–water partition coefficient (Wildman–Crippen LogP) is 2.67. The van der Waals surface area contributed by atoms with Gasteiger partial charge in [-0.15, -0.1) is 0 Å². The van der Waals surface area contributed by atoms with Crippen molar-refractivity contribution >= 4 is 28.3 Å². The minimum Gasteiger partial charge on any atom is -0.481 e. The molecule has 0 aromatic heterocycles. The van der Waals surface area contributed by atoms with Crippen molar-refractivity contribution in [3.8, 4) is 0 Å².